The number of unbranched alkanes of at least 4 members (excludes halogenated alkanes) is 12. The van der Waals surface area contributed by atoms with Gasteiger partial charge in [0.2, 0.25) is 0 Å². The van der Waals surface area contributed by atoms with E-state index >= 15 is 0 Å². The van der Waals surface area contributed by atoms with Crippen molar-refractivity contribution >= 4 is 17.9 Å². The van der Waals surface area contributed by atoms with Crippen molar-refractivity contribution in [2.75, 3.05) is 13.2 Å². The Balaban J connectivity index is 4.33. The highest BCUT2D eigenvalue weighted by Crippen LogP contribution is 2.12. The first kappa shape index (κ1) is 69.8. The lowest BCUT2D eigenvalue weighted by Crippen LogP contribution is -2.30. The summed E-state index contributed by atoms with van der Waals surface area (Å²) in [5.41, 5.74) is 0. The second-order valence-electron chi connectivity index (χ2n) is 18.8. The third-order valence-corrected chi connectivity index (χ3v) is 11.7. The molecule has 0 aromatic heterocycles. The topological polar surface area (TPSA) is 78.9 Å². The molecule has 0 spiro atoms. The Bertz CT molecular complexity index is 1750. The third-order valence-electron chi connectivity index (χ3n) is 11.7. The molecule has 0 aliphatic heterocycles. The maximum atomic E-state index is 12.8. The van der Waals surface area contributed by atoms with Crippen LogP contribution in [0.5, 0.6) is 0 Å². The van der Waals surface area contributed by atoms with Crippen molar-refractivity contribution in [1.82, 2.24) is 0 Å². The molecule has 6 heteroatoms. The summed E-state index contributed by atoms with van der Waals surface area (Å²) in [5, 5.41) is 0. The smallest absolute Gasteiger partial charge is 0.306 e. The molecule has 1 unspecified atom stereocenters. The molecule has 0 bridgehead atoms. The molecule has 0 amide bonds. The summed E-state index contributed by atoms with van der Waals surface area (Å²) in [6.07, 6.45) is 90.9. The van der Waals surface area contributed by atoms with Crippen LogP contribution in [0.15, 0.2) is 170 Å². The molecule has 418 valence electrons. The Kier molecular flexibility index (Phi) is 57.0. The Labute approximate surface area is 460 Å². The van der Waals surface area contributed by atoms with E-state index in [2.05, 4.69) is 179 Å². The Morgan fingerprint density at radius 3 is 0.880 bits per heavy atom. The normalized spacial score (nSPS) is 13.4. The summed E-state index contributed by atoms with van der Waals surface area (Å²) >= 11 is 0. The third kappa shape index (κ3) is 59.5. The van der Waals surface area contributed by atoms with Gasteiger partial charge in [-0.25, -0.2) is 0 Å². The van der Waals surface area contributed by atoms with E-state index in [0.29, 0.717) is 19.3 Å². The molecule has 75 heavy (non-hydrogen) atoms. The molecule has 0 fully saturated rings. The molecule has 0 aliphatic rings. The fraction of sp³-hybridized carbons (Fsp3) is 0.551. The summed E-state index contributed by atoms with van der Waals surface area (Å²) < 4.78 is 16.7. The minimum absolute atomic E-state index is 0.124. The maximum absolute atomic E-state index is 12.8. The second-order valence-corrected chi connectivity index (χ2v) is 18.8. The molecule has 0 saturated heterocycles. The van der Waals surface area contributed by atoms with E-state index < -0.39 is 12.1 Å². The van der Waals surface area contributed by atoms with Gasteiger partial charge in [-0.15, -0.1) is 0 Å². The number of carbonyl (C=O) groups excluding carboxylic acids is 3. The van der Waals surface area contributed by atoms with E-state index in [0.717, 1.165) is 154 Å². The van der Waals surface area contributed by atoms with E-state index in [1.54, 1.807) is 0 Å². The van der Waals surface area contributed by atoms with Gasteiger partial charge < -0.3 is 14.2 Å². The standard InChI is InChI=1S/C69H106O6/c1-4-7-10-13-16-19-22-24-25-26-27-28-29-30-31-32-33-34-35-36-37-38-39-40-41-42-43-45-47-50-53-56-59-62-68(71)74-65-66(64-73-67(70)61-58-55-52-49-46-21-18-15-12-9-6-3)75-69(72)63-60-57-54-51-48-44-23-20-17-14-11-8-5-2/h7-8,10-11,15-20,24-25,27-28,30-31,33-34,36-37,39-40,42-44,48,54,57,66H,4-6,9,12-14,21-23,26,29,32,35,38,41,45-47,49-53,55-56,58-65H2,1-3H3/b10-7-,11-8-,18-15-,19-16-,20-17-,25-24-,28-27-,31-30-,34-33-,37-36-,40-39-,43-42-,48-44-,57-54-. The quantitative estimate of drug-likeness (QED) is 0.0261. The molecule has 0 aromatic carbocycles. The van der Waals surface area contributed by atoms with E-state index in [9.17, 15) is 14.4 Å². The van der Waals surface area contributed by atoms with Crippen molar-refractivity contribution < 1.29 is 28.6 Å². The predicted octanol–water partition coefficient (Wildman–Crippen LogP) is 20.3. The van der Waals surface area contributed by atoms with Crippen molar-refractivity contribution in [3.05, 3.63) is 170 Å². The minimum Gasteiger partial charge on any atom is -0.462 e. The van der Waals surface area contributed by atoms with Crippen molar-refractivity contribution in [2.24, 2.45) is 0 Å². The van der Waals surface area contributed by atoms with Crippen LogP contribution in [0, 0.1) is 0 Å². The maximum Gasteiger partial charge on any atom is 0.306 e. The van der Waals surface area contributed by atoms with Crippen LogP contribution >= 0.6 is 0 Å². The van der Waals surface area contributed by atoms with Crippen LogP contribution in [-0.2, 0) is 28.6 Å². The SMILES string of the molecule is CC/C=C\C/C=C\C/C=C\C/C=C\C/C=C\C/C=C\C/C=C\C/C=C\C/C=C\CCCCCCCC(=O)OCC(COC(=O)CCCCCCC/C=C\CCCC)OC(=O)CC/C=C\C/C=C\C/C=C\C/C=C\CC. The summed E-state index contributed by atoms with van der Waals surface area (Å²) in [4.78, 5) is 38.0. The molecule has 0 radical (unpaired) electrons. The molecule has 0 heterocycles. The van der Waals surface area contributed by atoms with Crippen molar-refractivity contribution in [3.63, 3.8) is 0 Å². The predicted molar refractivity (Wildman–Crippen MR) is 325 cm³/mol. The van der Waals surface area contributed by atoms with Crippen LogP contribution in [0.3, 0.4) is 0 Å². The van der Waals surface area contributed by atoms with E-state index in [1.165, 1.54) is 25.7 Å². The van der Waals surface area contributed by atoms with Gasteiger partial charge in [0.15, 0.2) is 6.10 Å². The first-order valence-electron chi connectivity index (χ1n) is 29.6. The van der Waals surface area contributed by atoms with E-state index in [-0.39, 0.29) is 31.6 Å². The molecule has 0 N–H and O–H groups in total. The summed E-state index contributed by atoms with van der Waals surface area (Å²) in [5.74, 6) is -1.05. The van der Waals surface area contributed by atoms with Gasteiger partial charge in [-0.3, -0.25) is 14.4 Å². The Morgan fingerprint density at radius 1 is 0.280 bits per heavy atom. The van der Waals surface area contributed by atoms with Gasteiger partial charge in [0.25, 0.3) is 0 Å². The van der Waals surface area contributed by atoms with Gasteiger partial charge in [-0.05, 0) is 135 Å². The monoisotopic (exact) mass is 1030 g/mol. The zero-order chi connectivity index (χ0) is 54.3. The summed E-state index contributed by atoms with van der Waals surface area (Å²) in [7, 11) is 0. The molecule has 0 rings (SSSR count). The number of esters is 3. The summed E-state index contributed by atoms with van der Waals surface area (Å²) in [6, 6.07) is 0. The van der Waals surface area contributed by atoms with Crippen LogP contribution in [0.2, 0.25) is 0 Å². The number of hydrogen-bond donors (Lipinski definition) is 0. The van der Waals surface area contributed by atoms with Crippen LogP contribution in [0.4, 0.5) is 0 Å². The fourth-order valence-electron chi connectivity index (χ4n) is 7.31. The van der Waals surface area contributed by atoms with Gasteiger partial charge >= 0.3 is 17.9 Å². The number of ether oxygens (including phenoxy) is 3. The molecule has 1 atom stereocenters. The highest BCUT2D eigenvalue weighted by Gasteiger charge is 2.19. The average molecular weight is 1030 g/mol. The zero-order valence-electron chi connectivity index (χ0n) is 47.7. The minimum atomic E-state index is -0.835. The first-order valence-corrected chi connectivity index (χ1v) is 29.6. The average Bonchev–Trinajstić information content (AvgIpc) is 3.41. The van der Waals surface area contributed by atoms with Crippen LogP contribution < -0.4 is 0 Å². The largest absolute Gasteiger partial charge is 0.462 e. The highest BCUT2D eigenvalue weighted by atomic mass is 16.6. The van der Waals surface area contributed by atoms with Gasteiger partial charge in [0.05, 0.1) is 0 Å². The van der Waals surface area contributed by atoms with E-state index in [4.69, 9.17) is 14.2 Å². The zero-order valence-corrected chi connectivity index (χ0v) is 47.7. The summed E-state index contributed by atoms with van der Waals surface area (Å²) in [6.45, 7) is 6.26. The molecule has 6 nitrogen and oxygen atoms in total. The van der Waals surface area contributed by atoms with Gasteiger partial charge in [-0.2, -0.15) is 0 Å². The van der Waals surface area contributed by atoms with Crippen LogP contribution in [0.1, 0.15) is 226 Å². The number of carbonyl (C=O) groups is 3. The number of rotatable bonds is 51. The van der Waals surface area contributed by atoms with Crippen molar-refractivity contribution in [1.29, 1.82) is 0 Å². The fourth-order valence-corrected chi connectivity index (χ4v) is 7.31. The van der Waals surface area contributed by atoms with Gasteiger partial charge in [0, 0.05) is 19.3 Å². The molecule has 0 aromatic rings. The van der Waals surface area contributed by atoms with Crippen LogP contribution in [-0.4, -0.2) is 37.2 Å². The lowest BCUT2D eigenvalue weighted by Gasteiger charge is -2.18. The number of hydrogen-bond acceptors (Lipinski definition) is 6. The molecular weight excluding hydrogens is 925 g/mol. The van der Waals surface area contributed by atoms with Gasteiger partial charge in [0.1, 0.15) is 13.2 Å². The Morgan fingerprint density at radius 2 is 0.547 bits per heavy atom. The lowest BCUT2D eigenvalue weighted by atomic mass is 10.1. The van der Waals surface area contributed by atoms with Crippen LogP contribution in [0.25, 0.3) is 0 Å². The van der Waals surface area contributed by atoms with Gasteiger partial charge in [-0.1, -0.05) is 242 Å². The molecule has 0 saturated carbocycles. The molecular formula is C69H106O6. The Hall–Kier alpha value is -5.23. The van der Waals surface area contributed by atoms with Crippen molar-refractivity contribution in [3.8, 4) is 0 Å². The van der Waals surface area contributed by atoms with Crippen molar-refractivity contribution in [2.45, 2.75) is 232 Å². The second kappa shape index (κ2) is 61.3. The molecule has 0 aliphatic carbocycles. The van der Waals surface area contributed by atoms with E-state index in [1.807, 2.05) is 12.2 Å². The highest BCUT2D eigenvalue weighted by molar-refractivity contribution is 5.71. The number of allylic oxidation sites excluding steroid dienone is 28. The first-order chi connectivity index (χ1) is 37.0. The lowest BCUT2D eigenvalue weighted by molar-refractivity contribution is -0.166.